The van der Waals surface area contributed by atoms with Gasteiger partial charge in [-0.15, -0.1) is 0 Å². The second-order valence-corrected chi connectivity index (χ2v) is 7.65. The van der Waals surface area contributed by atoms with E-state index < -0.39 is 11.8 Å². The Bertz CT molecular complexity index is 700. The normalized spacial score (nSPS) is 27.0. The first-order valence-corrected chi connectivity index (χ1v) is 9.89. The van der Waals surface area contributed by atoms with Crippen LogP contribution in [0.3, 0.4) is 0 Å². The van der Waals surface area contributed by atoms with Gasteiger partial charge in [0.2, 0.25) is 5.91 Å². The van der Waals surface area contributed by atoms with Crippen LogP contribution in [-0.2, 0) is 14.3 Å². The molecule has 1 aromatic carbocycles. The lowest BCUT2D eigenvalue weighted by Crippen LogP contribution is -2.57. The average molecular weight is 390 g/mol. The highest BCUT2D eigenvalue weighted by Gasteiger charge is 2.53. The molecule has 0 radical (unpaired) electrons. The zero-order valence-electron chi connectivity index (χ0n) is 16.9. The van der Waals surface area contributed by atoms with Gasteiger partial charge >= 0.3 is 0 Å². The number of carbonyl (C=O) groups excluding carboxylic acids is 2. The molecule has 1 aliphatic heterocycles. The average Bonchev–Trinajstić information content (AvgIpc) is 3.09. The predicted octanol–water partition coefficient (Wildman–Crippen LogP) is 2.21. The van der Waals surface area contributed by atoms with Gasteiger partial charge in [-0.3, -0.25) is 14.5 Å². The first kappa shape index (κ1) is 20.6. The smallest absolute Gasteiger partial charge is 0.257 e. The molecule has 2 aliphatic rings. The second-order valence-electron chi connectivity index (χ2n) is 7.65. The molecule has 0 bridgehead atoms. The van der Waals surface area contributed by atoms with Crippen molar-refractivity contribution in [3.63, 3.8) is 0 Å². The molecule has 7 heteroatoms. The minimum absolute atomic E-state index is 0.196. The Balaban J connectivity index is 1.88. The highest BCUT2D eigenvalue weighted by atomic mass is 16.5. The number of rotatable bonds is 6. The van der Waals surface area contributed by atoms with Crippen molar-refractivity contribution in [3.05, 3.63) is 29.8 Å². The van der Waals surface area contributed by atoms with Crippen molar-refractivity contribution < 1.29 is 23.8 Å². The zero-order valence-corrected chi connectivity index (χ0v) is 16.9. The van der Waals surface area contributed by atoms with E-state index in [1.807, 2.05) is 0 Å². The quantitative estimate of drug-likeness (QED) is 0.754. The minimum atomic E-state index is -0.712. The van der Waals surface area contributed by atoms with Gasteiger partial charge in [0.25, 0.3) is 5.91 Å². The van der Waals surface area contributed by atoms with Gasteiger partial charge in [0.05, 0.1) is 20.3 Å². The molecule has 1 aromatic rings. The summed E-state index contributed by atoms with van der Waals surface area (Å²) in [6.07, 6.45) is 3.43. The minimum Gasteiger partial charge on any atom is -0.497 e. The Kier molecular flexibility index (Phi) is 6.57. The van der Waals surface area contributed by atoms with Crippen LogP contribution in [0.15, 0.2) is 24.3 Å². The topological polar surface area (TPSA) is 77.1 Å². The summed E-state index contributed by atoms with van der Waals surface area (Å²) in [5.74, 6) is 0.803. The first-order valence-electron chi connectivity index (χ1n) is 9.89. The number of amides is 2. The molecule has 1 saturated heterocycles. The highest BCUT2D eigenvalue weighted by molar-refractivity contribution is 5.98. The van der Waals surface area contributed by atoms with E-state index in [0.29, 0.717) is 30.4 Å². The summed E-state index contributed by atoms with van der Waals surface area (Å²) < 4.78 is 16.4. The number of hydrogen-bond acceptors (Lipinski definition) is 5. The van der Waals surface area contributed by atoms with E-state index >= 15 is 0 Å². The van der Waals surface area contributed by atoms with Crippen molar-refractivity contribution in [1.29, 1.82) is 0 Å². The number of benzene rings is 1. The molecule has 7 nitrogen and oxygen atoms in total. The molecule has 0 unspecified atom stereocenters. The zero-order chi connectivity index (χ0) is 20.1. The number of ether oxygens (including phenoxy) is 3. The van der Waals surface area contributed by atoms with E-state index in [2.05, 4.69) is 12.2 Å². The number of methoxy groups -OCH3 is 2. The Morgan fingerprint density at radius 1 is 1.29 bits per heavy atom. The van der Waals surface area contributed by atoms with Crippen molar-refractivity contribution in [2.45, 2.75) is 44.4 Å². The molecule has 3 rings (SSSR count). The Labute approximate surface area is 166 Å². The molecule has 154 valence electrons. The fourth-order valence-corrected chi connectivity index (χ4v) is 4.07. The standard InChI is InChI=1S/C21H30N2O5/c1-15-7-9-21(10-8-15)23(18(14-28-21)19(24)22-11-12-26-2)20(25)16-5-4-6-17(13-16)27-3/h4-6,13,15,18H,7-12,14H2,1-3H3,(H,22,24)/t15?,18-,21?/m0/s1. The van der Waals surface area contributed by atoms with E-state index in [4.69, 9.17) is 14.2 Å². The van der Waals surface area contributed by atoms with Crippen LogP contribution in [0.4, 0.5) is 0 Å². The monoisotopic (exact) mass is 390 g/mol. The Morgan fingerprint density at radius 3 is 2.71 bits per heavy atom. The molecule has 1 spiro atoms. The lowest BCUT2D eigenvalue weighted by molar-refractivity contribution is -0.128. The third-order valence-corrected chi connectivity index (χ3v) is 5.76. The molecule has 28 heavy (non-hydrogen) atoms. The molecular formula is C21H30N2O5. The molecule has 2 amide bonds. The maximum atomic E-state index is 13.5. The number of carbonyl (C=O) groups is 2. The molecule has 1 saturated carbocycles. The van der Waals surface area contributed by atoms with Gasteiger partial charge in [-0.1, -0.05) is 13.0 Å². The van der Waals surface area contributed by atoms with Crippen LogP contribution in [0, 0.1) is 5.92 Å². The van der Waals surface area contributed by atoms with Gasteiger partial charge in [-0.2, -0.15) is 0 Å². The van der Waals surface area contributed by atoms with Crippen LogP contribution < -0.4 is 10.1 Å². The number of nitrogens with one attached hydrogen (secondary N) is 1. The third-order valence-electron chi connectivity index (χ3n) is 5.76. The molecule has 1 N–H and O–H groups in total. The van der Waals surface area contributed by atoms with Crippen molar-refractivity contribution in [3.8, 4) is 5.75 Å². The van der Waals surface area contributed by atoms with Crippen LogP contribution in [0.1, 0.15) is 43.0 Å². The molecule has 0 aromatic heterocycles. The van der Waals surface area contributed by atoms with Crippen molar-refractivity contribution in [1.82, 2.24) is 10.2 Å². The second kappa shape index (κ2) is 8.92. The Morgan fingerprint density at radius 2 is 2.04 bits per heavy atom. The van der Waals surface area contributed by atoms with Crippen molar-refractivity contribution >= 4 is 11.8 Å². The molecule has 2 fully saturated rings. The van der Waals surface area contributed by atoms with Gasteiger partial charge in [-0.25, -0.2) is 0 Å². The maximum Gasteiger partial charge on any atom is 0.257 e. The molecule has 1 atom stereocenters. The van der Waals surface area contributed by atoms with Crippen LogP contribution in [0.25, 0.3) is 0 Å². The van der Waals surface area contributed by atoms with Crippen LogP contribution in [0.2, 0.25) is 0 Å². The summed E-state index contributed by atoms with van der Waals surface area (Å²) in [7, 11) is 3.15. The lowest BCUT2D eigenvalue weighted by atomic mass is 9.83. The van der Waals surface area contributed by atoms with Crippen molar-refractivity contribution in [2.24, 2.45) is 5.92 Å². The van der Waals surface area contributed by atoms with Crippen LogP contribution >= 0.6 is 0 Å². The number of hydrogen-bond donors (Lipinski definition) is 1. The SMILES string of the molecule is COCCNC(=O)[C@@H]1COC2(CCC(C)CC2)N1C(=O)c1cccc(OC)c1. The summed E-state index contributed by atoms with van der Waals surface area (Å²) in [5, 5.41) is 2.85. The van der Waals surface area contributed by atoms with Gasteiger partial charge < -0.3 is 19.5 Å². The summed E-state index contributed by atoms with van der Waals surface area (Å²) >= 11 is 0. The largest absolute Gasteiger partial charge is 0.497 e. The Hall–Kier alpha value is -2.12. The van der Waals surface area contributed by atoms with E-state index in [1.165, 1.54) is 0 Å². The fourth-order valence-electron chi connectivity index (χ4n) is 4.07. The predicted molar refractivity (Wildman–Crippen MR) is 104 cm³/mol. The van der Waals surface area contributed by atoms with Crippen molar-refractivity contribution in [2.75, 3.05) is 34.0 Å². The summed E-state index contributed by atoms with van der Waals surface area (Å²) in [6.45, 7) is 3.25. The first-order chi connectivity index (χ1) is 13.5. The van der Waals surface area contributed by atoms with Gasteiger partial charge in [0.15, 0.2) is 0 Å². The fraction of sp³-hybridized carbons (Fsp3) is 0.619. The van der Waals surface area contributed by atoms with E-state index in [0.717, 1.165) is 25.7 Å². The van der Waals surface area contributed by atoms with Crippen LogP contribution in [-0.4, -0.2) is 62.5 Å². The summed E-state index contributed by atoms with van der Waals surface area (Å²) in [5.41, 5.74) is -0.215. The molecular weight excluding hydrogens is 360 g/mol. The summed E-state index contributed by atoms with van der Waals surface area (Å²) in [4.78, 5) is 28.0. The summed E-state index contributed by atoms with van der Waals surface area (Å²) in [6, 6.07) is 6.39. The van der Waals surface area contributed by atoms with E-state index in [9.17, 15) is 9.59 Å². The highest BCUT2D eigenvalue weighted by Crippen LogP contribution is 2.43. The molecule has 1 heterocycles. The van der Waals surface area contributed by atoms with Gasteiger partial charge in [-0.05, 0) is 49.8 Å². The van der Waals surface area contributed by atoms with E-state index in [1.54, 1.807) is 43.4 Å². The van der Waals surface area contributed by atoms with Gasteiger partial charge in [0, 0.05) is 19.2 Å². The maximum absolute atomic E-state index is 13.5. The lowest BCUT2D eigenvalue weighted by Gasteiger charge is -2.43. The third kappa shape index (κ3) is 4.15. The van der Waals surface area contributed by atoms with Gasteiger partial charge in [0.1, 0.15) is 17.5 Å². The van der Waals surface area contributed by atoms with Crippen LogP contribution in [0.5, 0.6) is 5.75 Å². The molecule has 1 aliphatic carbocycles. The van der Waals surface area contributed by atoms with E-state index in [-0.39, 0.29) is 18.4 Å². The number of nitrogens with zero attached hydrogens (tertiary/aromatic N) is 1.